The number of amides is 4. The highest BCUT2D eigenvalue weighted by molar-refractivity contribution is 6.31. The zero-order chi connectivity index (χ0) is 19.9. The van der Waals surface area contributed by atoms with Crippen LogP contribution < -0.4 is 0 Å². The van der Waals surface area contributed by atoms with Crippen LogP contribution in [0.25, 0.3) is 0 Å². The summed E-state index contributed by atoms with van der Waals surface area (Å²) in [5, 5.41) is 0.521. The van der Waals surface area contributed by atoms with Crippen LogP contribution in [-0.4, -0.2) is 68.8 Å². The molecule has 2 aliphatic rings. The van der Waals surface area contributed by atoms with Gasteiger partial charge in [-0.2, -0.15) is 0 Å². The molecular formula is C19H27ClN4O3. The molecular weight excluding hydrogens is 368 g/mol. The van der Waals surface area contributed by atoms with E-state index in [1.807, 2.05) is 20.8 Å². The summed E-state index contributed by atoms with van der Waals surface area (Å²) in [5.74, 6) is 0.0454. The Bertz CT molecular complexity index is 765. The molecule has 3 rings (SSSR count). The number of piperidine rings is 1. The summed E-state index contributed by atoms with van der Waals surface area (Å²) in [5.41, 5.74) is -0.293. The topological polar surface area (TPSA) is 65.9 Å². The van der Waals surface area contributed by atoms with Gasteiger partial charge in [0, 0.05) is 39.4 Å². The maximum absolute atomic E-state index is 13.1. The van der Waals surface area contributed by atoms with Crippen LogP contribution >= 0.6 is 11.6 Å². The first-order valence-electron chi connectivity index (χ1n) is 9.46. The van der Waals surface area contributed by atoms with E-state index in [0.29, 0.717) is 49.7 Å². The second-order valence-electron chi connectivity index (χ2n) is 7.81. The van der Waals surface area contributed by atoms with E-state index in [1.165, 1.54) is 4.90 Å². The van der Waals surface area contributed by atoms with Crippen LogP contribution in [0.3, 0.4) is 0 Å². The number of halogens is 1. The van der Waals surface area contributed by atoms with Crippen LogP contribution in [0.1, 0.15) is 44.1 Å². The van der Waals surface area contributed by atoms with Gasteiger partial charge in [-0.25, -0.2) is 4.79 Å². The van der Waals surface area contributed by atoms with E-state index in [-0.39, 0.29) is 23.8 Å². The minimum Gasteiger partial charge on any atom is -0.345 e. The van der Waals surface area contributed by atoms with Gasteiger partial charge in [0.05, 0.1) is 5.02 Å². The monoisotopic (exact) mass is 394 g/mol. The fraction of sp³-hybridized carbons (Fsp3) is 0.632. The zero-order valence-electron chi connectivity index (χ0n) is 16.4. The largest absolute Gasteiger partial charge is 0.345 e. The molecule has 8 heteroatoms. The van der Waals surface area contributed by atoms with Gasteiger partial charge < -0.3 is 14.4 Å². The van der Waals surface area contributed by atoms with E-state index in [1.54, 1.807) is 33.7 Å². The molecule has 7 nitrogen and oxygen atoms in total. The van der Waals surface area contributed by atoms with Crippen LogP contribution in [0.15, 0.2) is 12.3 Å². The Hall–Kier alpha value is -2.02. The van der Waals surface area contributed by atoms with Crippen molar-refractivity contribution in [3.63, 3.8) is 0 Å². The van der Waals surface area contributed by atoms with Crippen LogP contribution in [0.2, 0.25) is 5.02 Å². The van der Waals surface area contributed by atoms with Gasteiger partial charge in [0.1, 0.15) is 11.2 Å². The van der Waals surface area contributed by atoms with E-state index in [0.717, 1.165) is 0 Å². The van der Waals surface area contributed by atoms with Crippen LogP contribution in [0.5, 0.6) is 0 Å². The van der Waals surface area contributed by atoms with Crippen molar-refractivity contribution in [3.8, 4) is 0 Å². The Labute approximate surface area is 164 Å². The number of aryl methyl sites for hydroxylation is 1. The average molecular weight is 395 g/mol. The molecule has 27 heavy (non-hydrogen) atoms. The molecule has 0 aromatic carbocycles. The van der Waals surface area contributed by atoms with E-state index in [9.17, 15) is 14.4 Å². The molecule has 2 fully saturated rings. The van der Waals surface area contributed by atoms with Gasteiger partial charge >= 0.3 is 6.03 Å². The highest BCUT2D eigenvalue weighted by Crippen LogP contribution is 2.38. The highest BCUT2D eigenvalue weighted by Gasteiger charge is 2.57. The number of likely N-dealkylation sites (N-methyl/N-ethyl adjacent to an activating group) is 1. The van der Waals surface area contributed by atoms with Gasteiger partial charge in [0.25, 0.3) is 11.8 Å². The molecule has 0 aliphatic carbocycles. The third-order valence-electron chi connectivity index (χ3n) is 5.55. The van der Waals surface area contributed by atoms with E-state index >= 15 is 0 Å². The second kappa shape index (κ2) is 7.19. The van der Waals surface area contributed by atoms with Crippen molar-refractivity contribution < 1.29 is 14.4 Å². The van der Waals surface area contributed by atoms with E-state index < -0.39 is 5.54 Å². The van der Waals surface area contributed by atoms with Crippen LogP contribution in [0.4, 0.5) is 4.79 Å². The maximum atomic E-state index is 13.1. The average Bonchev–Trinajstić information content (AvgIpc) is 3.05. The quantitative estimate of drug-likeness (QED) is 0.737. The molecule has 0 atom stereocenters. The van der Waals surface area contributed by atoms with E-state index in [4.69, 9.17) is 11.6 Å². The zero-order valence-corrected chi connectivity index (χ0v) is 17.1. The van der Waals surface area contributed by atoms with Crippen LogP contribution in [-0.2, 0) is 11.8 Å². The van der Waals surface area contributed by atoms with Crippen molar-refractivity contribution in [2.45, 2.75) is 39.2 Å². The predicted molar refractivity (Wildman–Crippen MR) is 103 cm³/mol. The smallest absolute Gasteiger partial charge is 0.327 e. The molecule has 4 amide bonds. The lowest BCUT2D eigenvalue weighted by atomic mass is 9.85. The Balaban J connectivity index is 1.81. The van der Waals surface area contributed by atoms with Crippen molar-refractivity contribution in [2.24, 2.45) is 13.0 Å². The first-order valence-corrected chi connectivity index (χ1v) is 9.83. The molecule has 0 radical (unpaired) electrons. The fourth-order valence-corrected chi connectivity index (χ4v) is 4.39. The number of nitrogens with zero attached hydrogens (tertiary/aromatic N) is 4. The molecule has 0 N–H and O–H groups in total. The highest BCUT2D eigenvalue weighted by atomic mass is 35.5. The van der Waals surface area contributed by atoms with Gasteiger partial charge in [0.15, 0.2) is 0 Å². The van der Waals surface area contributed by atoms with Crippen molar-refractivity contribution in [1.82, 2.24) is 19.3 Å². The Morgan fingerprint density at radius 3 is 2.37 bits per heavy atom. The molecule has 0 saturated carbocycles. The number of likely N-dealkylation sites (tertiary alicyclic amines) is 1. The standard InChI is InChI=1S/C19H27ClN4O3/c1-5-23-17(26)19(24(18(23)27)11-13(2)3)6-8-22(9-7-19)16(25)15-10-14(20)12-21(15)4/h10,12-13H,5-9,11H2,1-4H3. The lowest BCUT2D eigenvalue weighted by Crippen LogP contribution is -2.58. The second-order valence-corrected chi connectivity index (χ2v) is 8.25. The Kier molecular flexibility index (Phi) is 5.25. The summed E-state index contributed by atoms with van der Waals surface area (Å²) in [4.78, 5) is 43.5. The molecule has 1 spiro atoms. The predicted octanol–water partition coefficient (Wildman–Crippen LogP) is 2.59. The molecule has 2 aliphatic heterocycles. The first-order chi connectivity index (χ1) is 12.7. The SMILES string of the molecule is CCN1C(=O)N(CC(C)C)C2(CCN(C(=O)c3cc(Cl)cn3C)CC2)C1=O. The van der Waals surface area contributed by atoms with Crippen LogP contribution in [0, 0.1) is 5.92 Å². The lowest BCUT2D eigenvalue weighted by Gasteiger charge is -2.42. The Morgan fingerprint density at radius 2 is 1.89 bits per heavy atom. The molecule has 0 unspecified atom stereocenters. The molecule has 2 saturated heterocycles. The number of rotatable bonds is 4. The minimum absolute atomic E-state index is 0.0984. The first kappa shape index (κ1) is 19.7. The number of imide groups is 1. The number of aromatic nitrogens is 1. The van der Waals surface area contributed by atoms with Gasteiger partial charge in [-0.15, -0.1) is 0 Å². The summed E-state index contributed by atoms with van der Waals surface area (Å²) >= 11 is 6.00. The van der Waals surface area contributed by atoms with Crippen molar-refractivity contribution in [1.29, 1.82) is 0 Å². The maximum Gasteiger partial charge on any atom is 0.327 e. The third-order valence-corrected chi connectivity index (χ3v) is 5.76. The third kappa shape index (κ3) is 3.22. The summed E-state index contributed by atoms with van der Waals surface area (Å²) in [6.07, 6.45) is 2.62. The molecule has 0 bridgehead atoms. The number of carbonyl (C=O) groups excluding carboxylic acids is 3. The number of hydrogen-bond acceptors (Lipinski definition) is 3. The molecule has 148 valence electrons. The molecule has 1 aromatic rings. The summed E-state index contributed by atoms with van der Waals surface area (Å²) in [6, 6.07) is 1.45. The lowest BCUT2D eigenvalue weighted by molar-refractivity contribution is -0.135. The molecule has 3 heterocycles. The summed E-state index contributed by atoms with van der Waals surface area (Å²) < 4.78 is 1.71. The number of carbonyl (C=O) groups is 3. The normalized spacial score (nSPS) is 19.7. The fourth-order valence-electron chi connectivity index (χ4n) is 4.14. The van der Waals surface area contributed by atoms with Gasteiger partial charge in [-0.1, -0.05) is 25.4 Å². The van der Waals surface area contributed by atoms with Crippen molar-refractivity contribution >= 4 is 29.4 Å². The van der Waals surface area contributed by atoms with Gasteiger partial charge in [0.2, 0.25) is 0 Å². The summed E-state index contributed by atoms with van der Waals surface area (Å²) in [6.45, 7) is 7.69. The van der Waals surface area contributed by atoms with Gasteiger partial charge in [-0.3, -0.25) is 14.5 Å². The van der Waals surface area contributed by atoms with Crippen molar-refractivity contribution in [3.05, 3.63) is 23.0 Å². The summed E-state index contributed by atoms with van der Waals surface area (Å²) in [7, 11) is 1.78. The number of urea groups is 1. The number of hydrogen-bond donors (Lipinski definition) is 0. The Morgan fingerprint density at radius 1 is 1.26 bits per heavy atom. The van der Waals surface area contributed by atoms with Crippen molar-refractivity contribution in [2.75, 3.05) is 26.2 Å². The minimum atomic E-state index is -0.819. The van der Waals surface area contributed by atoms with Gasteiger partial charge in [-0.05, 0) is 31.7 Å². The molecule has 1 aromatic heterocycles. The van der Waals surface area contributed by atoms with E-state index in [2.05, 4.69) is 0 Å².